The second kappa shape index (κ2) is 7.42. The number of nitriles is 1. The normalized spacial score (nSPS) is 11.4. The first-order valence-electron chi connectivity index (χ1n) is 7.57. The van der Waals surface area contributed by atoms with Crippen molar-refractivity contribution in [1.82, 2.24) is 5.32 Å². The van der Waals surface area contributed by atoms with Gasteiger partial charge in [0.1, 0.15) is 6.04 Å². The Morgan fingerprint density at radius 3 is 2.33 bits per heavy atom. The molecule has 0 bridgehead atoms. The zero-order valence-corrected chi connectivity index (χ0v) is 13.7. The van der Waals surface area contributed by atoms with Crippen molar-refractivity contribution >= 4 is 11.8 Å². The van der Waals surface area contributed by atoms with Gasteiger partial charge in [0.05, 0.1) is 11.6 Å². The summed E-state index contributed by atoms with van der Waals surface area (Å²) < 4.78 is 0. The lowest BCUT2D eigenvalue weighted by molar-refractivity contribution is -0.119. The van der Waals surface area contributed by atoms with Gasteiger partial charge in [-0.3, -0.25) is 9.59 Å². The van der Waals surface area contributed by atoms with Crippen LogP contribution in [0.3, 0.4) is 0 Å². The van der Waals surface area contributed by atoms with Crippen molar-refractivity contribution in [3.8, 4) is 6.07 Å². The highest BCUT2D eigenvalue weighted by atomic mass is 16.2. The number of primary amides is 1. The number of hydrogen-bond donors (Lipinski definition) is 2. The minimum atomic E-state index is -0.796. The Bertz CT molecular complexity index is 804. The standard InChI is InChI=1S/C19H19N3O2/c1-12-3-4-15(9-13(12)2)10-17(18(21)23)22-19(24)16-7-5-14(11-20)6-8-16/h3-9,17H,10H2,1-2H3,(H2,21,23)(H,22,24)/t17-/m0/s1. The van der Waals surface area contributed by atoms with Crippen LogP contribution in [0.15, 0.2) is 42.5 Å². The van der Waals surface area contributed by atoms with Crippen molar-refractivity contribution in [1.29, 1.82) is 5.26 Å². The molecule has 1 atom stereocenters. The third-order valence-corrected chi connectivity index (χ3v) is 3.94. The molecule has 0 unspecified atom stereocenters. The Kier molecular flexibility index (Phi) is 5.33. The van der Waals surface area contributed by atoms with Crippen molar-refractivity contribution in [3.05, 3.63) is 70.3 Å². The third-order valence-electron chi connectivity index (χ3n) is 3.94. The van der Waals surface area contributed by atoms with Gasteiger partial charge in [-0.25, -0.2) is 0 Å². The minimum Gasteiger partial charge on any atom is -0.368 e. The van der Waals surface area contributed by atoms with E-state index >= 15 is 0 Å². The van der Waals surface area contributed by atoms with Gasteiger partial charge in [0, 0.05) is 12.0 Å². The van der Waals surface area contributed by atoms with Crippen LogP contribution in [0.1, 0.15) is 32.6 Å². The highest BCUT2D eigenvalue weighted by Crippen LogP contribution is 2.12. The molecule has 0 aliphatic heterocycles. The van der Waals surface area contributed by atoms with E-state index in [1.165, 1.54) is 0 Å². The summed E-state index contributed by atoms with van der Waals surface area (Å²) in [5, 5.41) is 11.4. The van der Waals surface area contributed by atoms with Gasteiger partial charge in [0.15, 0.2) is 0 Å². The number of aryl methyl sites for hydroxylation is 2. The van der Waals surface area contributed by atoms with Crippen molar-refractivity contribution in [2.24, 2.45) is 5.73 Å². The lowest BCUT2D eigenvalue weighted by atomic mass is 10.0. The van der Waals surface area contributed by atoms with Crippen LogP contribution >= 0.6 is 0 Å². The Morgan fingerprint density at radius 1 is 1.12 bits per heavy atom. The molecule has 0 spiro atoms. The van der Waals surface area contributed by atoms with E-state index in [0.29, 0.717) is 17.5 Å². The van der Waals surface area contributed by atoms with Crippen molar-refractivity contribution < 1.29 is 9.59 Å². The monoisotopic (exact) mass is 321 g/mol. The quantitative estimate of drug-likeness (QED) is 0.881. The van der Waals surface area contributed by atoms with Crippen molar-refractivity contribution in [2.45, 2.75) is 26.3 Å². The molecule has 0 fully saturated rings. The molecule has 5 nitrogen and oxygen atoms in total. The molecule has 24 heavy (non-hydrogen) atoms. The fraction of sp³-hybridized carbons (Fsp3) is 0.211. The number of nitrogens with two attached hydrogens (primary N) is 1. The molecule has 0 aliphatic rings. The fourth-order valence-electron chi connectivity index (χ4n) is 2.33. The number of nitrogens with zero attached hydrogens (tertiary/aromatic N) is 1. The fourth-order valence-corrected chi connectivity index (χ4v) is 2.33. The van der Waals surface area contributed by atoms with Crippen LogP contribution in [0.5, 0.6) is 0 Å². The number of carbonyl (C=O) groups excluding carboxylic acids is 2. The minimum absolute atomic E-state index is 0.332. The van der Waals surface area contributed by atoms with Crippen LogP contribution < -0.4 is 11.1 Å². The molecular weight excluding hydrogens is 302 g/mol. The van der Waals surface area contributed by atoms with E-state index < -0.39 is 17.9 Å². The van der Waals surface area contributed by atoms with Crippen LogP contribution in [0.4, 0.5) is 0 Å². The average Bonchev–Trinajstić information content (AvgIpc) is 2.57. The zero-order valence-electron chi connectivity index (χ0n) is 13.7. The lowest BCUT2D eigenvalue weighted by Crippen LogP contribution is -2.45. The summed E-state index contributed by atoms with van der Waals surface area (Å²) in [6.07, 6.45) is 0.332. The maximum atomic E-state index is 12.3. The summed E-state index contributed by atoms with van der Waals surface area (Å²) in [4.78, 5) is 24.0. The highest BCUT2D eigenvalue weighted by molar-refractivity contribution is 5.97. The predicted octanol–water partition coefficient (Wildman–Crippen LogP) is 2.00. The van der Waals surface area contributed by atoms with Gasteiger partial charge in [-0.1, -0.05) is 18.2 Å². The van der Waals surface area contributed by atoms with Gasteiger partial charge in [-0.2, -0.15) is 5.26 Å². The van der Waals surface area contributed by atoms with E-state index in [2.05, 4.69) is 5.32 Å². The van der Waals surface area contributed by atoms with E-state index in [0.717, 1.165) is 16.7 Å². The molecule has 0 aromatic heterocycles. The van der Waals surface area contributed by atoms with Crippen LogP contribution in [0.2, 0.25) is 0 Å². The lowest BCUT2D eigenvalue weighted by Gasteiger charge is -2.16. The van der Waals surface area contributed by atoms with E-state index in [-0.39, 0.29) is 0 Å². The highest BCUT2D eigenvalue weighted by Gasteiger charge is 2.19. The van der Waals surface area contributed by atoms with Crippen LogP contribution in [0, 0.1) is 25.2 Å². The molecule has 3 N–H and O–H groups in total. The van der Waals surface area contributed by atoms with Gasteiger partial charge in [0.2, 0.25) is 5.91 Å². The molecule has 0 heterocycles. The smallest absolute Gasteiger partial charge is 0.251 e. The first-order valence-corrected chi connectivity index (χ1v) is 7.57. The second-order valence-corrected chi connectivity index (χ2v) is 5.74. The van der Waals surface area contributed by atoms with E-state index in [1.54, 1.807) is 24.3 Å². The Morgan fingerprint density at radius 2 is 1.79 bits per heavy atom. The van der Waals surface area contributed by atoms with Gasteiger partial charge < -0.3 is 11.1 Å². The molecule has 5 heteroatoms. The van der Waals surface area contributed by atoms with Gasteiger partial charge in [0.25, 0.3) is 5.91 Å². The summed E-state index contributed by atoms with van der Waals surface area (Å²) >= 11 is 0. The van der Waals surface area contributed by atoms with E-state index in [9.17, 15) is 9.59 Å². The second-order valence-electron chi connectivity index (χ2n) is 5.74. The van der Waals surface area contributed by atoms with Gasteiger partial charge >= 0.3 is 0 Å². The number of hydrogen-bond acceptors (Lipinski definition) is 3. The molecule has 2 amide bonds. The summed E-state index contributed by atoms with van der Waals surface area (Å²) in [5.74, 6) is -0.984. The summed E-state index contributed by atoms with van der Waals surface area (Å²) in [6.45, 7) is 4.00. The Hall–Kier alpha value is -3.13. The topological polar surface area (TPSA) is 96.0 Å². The Balaban J connectivity index is 2.12. The first kappa shape index (κ1) is 17.2. The van der Waals surface area contributed by atoms with Gasteiger partial charge in [-0.05, 0) is 54.8 Å². The number of rotatable bonds is 5. The SMILES string of the molecule is Cc1ccc(C[C@H](NC(=O)c2ccc(C#N)cc2)C(N)=O)cc1C. The van der Waals surface area contributed by atoms with Crippen molar-refractivity contribution in [2.75, 3.05) is 0 Å². The molecule has 0 radical (unpaired) electrons. The average molecular weight is 321 g/mol. The number of amides is 2. The van der Waals surface area contributed by atoms with E-state index in [1.807, 2.05) is 38.1 Å². The molecular formula is C19H19N3O2. The number of carbonyl (C=O) groups is 2. The summed E-state index contributed by atoms with van der Waals surface area (Å²) in [5.41, 5.74) is 9.48. The van der Waals surface area contributed by atoms with E-state index in [4.69, 9.17) is 11.0 Å². The number of nitrogens with one attached hydrogen (secondary N) is 1. The maximum absolute atomic E-state index is 12.3. The van der Waals surface area contributed by atoms with Crippen LogP contribution in [0.25, 0.3) is 0 Å². The van der Waals surface area contributed by atoms with Gasteiger partial charge in [-0.15, -0.1) is 0 Å². The molecule has 0 aliphatic carbocycles. The third kappa shape index (κ3) is 4.20. The van der Waals surface area contributed by atoms with Crippen LogP contribution in [-0.4, -0.2) is 17.9 Å². The van der Waals surface area contributed by atoms with Crippen molar-refractivity contribution in [3.63, 3.8) is 0 Å². The predicted molar refractivity (Wildman–Crippen MR) is 91.2 cm³/mol. The van der Waals surface area contributed by atoms with Crippen LogP contribution in [-0.2, 0) is 11.2 Å². The largest absolute Gasteiger partial charge is 0.368 e. The number of benzene rings is 2. The first-order chi connectivity index (χ1) is 11.4. The maximum Gasteiger partial charge on any atom is 0.251 e. The summed E-state index contributed by atoms with van der Waals surface area (Å²) in [7, 11) is 0. The molecule has 2 aromatic carbocycles. The Labute approximate surface area is 141 Å². The molecule has 122 valence electrons. The summed E-state index contributed by atoms with van der Waals surface area (Å²) in [6, 6.07) is 13.3. The molecule has 2 aromatic rings. The molecule has 0 saturated heterocycles. The zero-order chi connectivity index (χ0) is 17.7. The molecule has 0 saturated carbocycles. The molecule has 2 rings (SSSR count).